The van der Waals surface area contributed by atoms with E-state index < -0.39 is 52.5 Å². The van der Waals surface area contributed by atoms with Crippen molar-refractivity contribution in [3.63, 3.8) is 0 Å². The molecule has 44 heavy (non-hydrogen) atoms. The molecule has 0 aliphatic carbocycles. The summed E-state index contributed by atoms with van der Waals surface area (Å²) < 4.78 is 40.2. The fourth-order valence-corrected chi connectivity index (χ4v) is 6.27. The van der Waals surface area contributed by atoms with E-state index in [0.29, 0.717) is 31.5 Å². The van der Waals surface area contributed by atoms with Gasteiger partial charge in [0.2, 0.25) is 0 Å². The van der Waals surface area contributed by atoms with Crippen LogP contribution in [0.5, 0.6) is 0 Å². The van der Waals surface area contributed by atoms with Gasteiger partial charge < -0.3 is 15.5 Å². The number of halogens is 3. The van der Waals surface area contributed by atoms with Crippen LogP contribution in [0.3, 0.4) is 0 Å². The van der Waals surface area contributed by atoms with Gasteiger partial charge in [-0.1, -0.05) is 60.7 Å². The first-order valence-electron chi connectivity index (χ1n) is 15.1. The molecule has 0 spiro atoms. The van der Waals surface area contributed by atoms with Crippen molar-refractivity contribution in [3.05, 3.63) is 71.8 Å². The minimum atomic E-state index is -5.19. The zero-order valence-corrected chi connectivity index (χ0v) is 25.1. The number of piperidine rings is 1. The van der Waals surface area contributed by atoms with E-state index in [1.165, 1.54) is 0 Å². The molecule has 9 nitrogen and oxygen atoms in total. The summed E-state index contributed by atoms with van der Waals surface area (Å²) >= 11 is 0. The predicted octanol–water partition coefficient (Wildman–Crippen LogP) is 3.97. The van der Waals surface area contributed by atoms with Gasteiger partial charge in [-0.2, -0.15) is 17.7 Å². The lowest BCUT2D eigenvalue weighted by molar-refractivity contribution is -0.785. The maximum Gasteiger partial charge on any atom is 0.452 e. The number of nitrogens with zero attached hydrogens (tertiary/aromatic N) is 2. The smallest absolute Gasteiger partial charge is 0.325 e. The van der Waals surface area contributed by atoms with Crippen LogP contribution in [0.4, 0.5) is 22.8 Å². The average molecular weight is 617 g/mol. The van der Waals surface area contributed by atoms with Crippen LogP contribution in [0.1, 0.15) is 43.7 Å². The topological polar surface area (TPSA) is 108 Å². The van der Waals surface area contributed by atoms with Crippen LogP contribution in [0, 0.1) is 0 Å². The quantitative estimate of drug-likeness (QED) is 0.370. The molecule has 238 valence electrons. The number of alkyl halides is 3. The van der Waals surface area contributed by atoms with Crippen LogP contribution in [-0.2, 0) is 22.4 Å². The number of likely N-dealkylation sites (tertiary alicyclic amines) is 2. The lowest BCUT2D eigenvalue weighted by Crippen LogP contribution is -2.69. The third kappa shape index (κ3) is 7.65. The second-order valence-electron chi connectivity index (χ2n) is 11.7. The number of Topliss-reactive ketones (excluding diaryl/α,β-unsaturated/α-hetero) is 1. The molecule has 2 aromatic rings. The number of imide groups is 1. The lowest BCUT2D eigenvalue weighted by Gasteiger charge is -2.37. The first-order valence-corrected chi connectivity index (χ1v) is 15.1. The fraction of sp³-hybridized carbons (Fsp3) is 0.500. The molecule has 12 heteroatoms. The van der Waals surface area contributed by atoms with Crippen molar-refractivity contribution in [2.75, 3.05) is 26.7 Å². The maximum absolute atomic E-state index is 14.5. The Bertz CT molecular complexity index is 1300. The number of carbonyl (C=O) groups excluding carboxylic acids is 4. The molecule has 3 N–H and O–H groups in total. The van der Waals surface area contributed by atoms with Gasteiger partial charge in [0.05, 0.1) is 6.54 Å². The van der Waals surface area contributed by atoms with E-state index in [1.54, 1.807) is 66.4 Å². The Hall–Kier alpha value is -3.77. The molecule has 0 bridgehead atoms. The summed E-state index contributed by atoms with van der Waals surface area (Å²) in [5, 5.41) is 8.39. The third-order valence-corrected chi connectivity index (χ3v) is 8.89. The number of amides is 5. The van der Waals surface area contributed by atoms with E-state index in [1.807, 2.05) is 13.1 Å². The Labute approximate surface area is 255 Å². The summed E-state index contributed by atoms with van der Waals surface area (Å²) in [5.41, 5.74) is 1.18. The minimum Gasteiger partial charge on any atom is -0.325 e. The first-order chi connectivity index (χ1) is 21.0. The Balaban J connectivity index is 1.63. The maximum atomic E-state index is 14.5. The van der Waals surface area contributed by atoms with E-state index in [2.05, 4.69) is 16.0 Å². The largest absolute Gasteiger partial charge is 0.452 e. The highest BCUT2D eigenvalue weighted by atomic mass is 19.4. The van der Waals surface area contributed by atoms with Crippen molar-refractivity contribution >= 4 is 23.8 Å². The van der Waals surface area contributed by atoms with Gasteiger partial charge >= 0.3 is 24.1 Å². The second-order valence-corrected chi connectivity index (χ2v) is 11.7. The molecule has 4 rings (SSSR count). The number of urea groups is 2. The molecule has 0 saturated carbocycles. The highest BCUT2D eigenvalue weighted by Crippen LogP contribution is 2.31. The average Bonchev–Trinajstić information content (AvgIpc) is 3.42. The molecule has 2 saturated heterocycles. The Morgan fingerprint density at radius 1 is 0.864 bits per heavy atom. The first kappa shape index (κ1) is 33.1. The van der Waals surface area contributed by atoms with Crippen molar-refractivity contribution < 1.29 is 36.8 Å². The molecule has 2 aromatic carbocycles. The number of hydrogen-bond acceptors (Lipinski definition) is 5. The Kier molecular flexibility index (Phi) is 10.8. The van der Waals surface area contributed by atoms with Gasteiger partial charge in [0.15, 0.2) is 6.04 Å². The summed E-state index contributed by atoms with van der Waals surface area (Å²) in [4.78, 5) is 56.1. The zero-order chi connectivity index (χ0) is 31.9. The number of rotatable bonds is 9. The molecule has 4 atom stereocenters. The lowest BCUT2D eigenvalue weighted by atomic mass is 10.0. The summed E-state index contributed by atoms with van der Waals surface area (Å²) in [5.74, 6) is -2.71. The SMILES string of the molecule is CNC1CCN(C(=O)N[C@@H](Cc2ccccc2)C(=O)[N+]2(C(=O)N[C@@H](Cc3ccccc3)C(=O)C(F)(F)F)CCC[C@H]2C)CC1. The van der Waals surface area contributed by atoms with E-state index >= 15 is 0 Å². The Morgan fingerprint density at radius 2 is 1.41 bits per heavy atom. The van der Waals surface area contributed by atoms with Gasteiger partial charge in [-0.3, -0.25) is 10.1 Å². The Morgan fingerprint density at radius 3 is 1.89 bits per heavy atom. The van der Waals surface area contributed by atoms with Crippen molar-refractivity contribution in [1.82, 2.24) is 20.9 Å². The molecule has 2 aliphatic heterocycles. The van der Waals surface area contributed by atoms with Gasteiger partial charge in [0, 0.05) is 44.8 Å². The molecular formula is C32H41F3N5O4+. The summed E-state index contributed by atoms with van der Waals surface area (Å²) in [7, 11) is 1.87. The fourth-order valence-electron chi connectivity index (χ4n) is 6.27. The van der Waals surface area contributed by atoms with Gasteiger partial charge in [-0.05, 0) is 37.9 Å². The molecule has 2 aliphatic rings. The molecule has 5 amide bonds. The van der Waals surface area contributed by atoms with Gasteiger partial charge in [-0.15, -0.1) is 0 Å². The van der Waals surface area contributed by atoms with Crippen LogP contribution >= 0.6 is 0 Å². The van der Waals surface area contributed by atoms with E-state index in [-0.39, 0.29) is 25.4 Å². The number of quaternary nitrogens is 1. The van der Waals surface area contributed by atoms with Crippen molar-refractivity contribution in [1.29, 1.82) is 0 Å². The highest BCUT2D eigenvalue weighted by molar-refractivity contribution is 5.95. The van der Waals surface area contributed by atoms with Gasteiger partial charge in [-0.25, -0.2) is 14.4 Å². The number of benzene rings is 2. The standard InChI is InChI=1S/C32H40F3N5O4/c1-22-10-9-19-40(22,31(44)38-26(28(41)32(33,34)35)20-23-11-5-3-6-12-23)29(42)27(21-24-13-7-4-8-14-24)37-30(43)39-17-15-25(36-2)16-18-39/h3-8,11-14,22,25-27,36H,9-10,15-21H2,1-2H3,(H-,37,38,43,44)/p+1/t22-,26+,27+,40?/m1/s1. The van der Waals surface area contributed by atoms with Crippen LogP contribution in [0.25, 0.3) is 0 Å². The van der Waals surface area contributed by atoms with Crippen molar-refractivity contribution in [2.24, 2.45) is 0 Å². The van der Waals surface area contributed by atoms with Gasteiger partial charge in [0.1, 0.15) is 12.1 Å². The zero-order valence-electron chi connectivity index (χ0n) is 25.1. The summed E-state index contributed by atoms with van der Waals surface area (Å²) in [6.07, 6.45) is -3.05. The predicted molar refractivity (Wildman–Crippen MR) is 158 cm³/mol. The molecule has 0 aromatic heterocycles. The molecule has 1 unspecified atom stereocenters. The van der Waals surface area contributed by atoms with Crippen LogP contribution in [0.15, 0.2) is 60.7 Å². The van der Waals surface area contributed by atoms with Crippen LogP contribution < -0.4 is 16.0 Å². The van der Waals surface area contributed by atoms with E-state index in [4.69, 9.17) is 0 Å². The van der Waals surface area contributed by atoms with Crippen LogP contribution in [0.2, 0.25) is 0 Å². The second kappa shape index (κ2) is 14.3. The summed E-state index contributed by atoms with van der Waals surface area (Å²) in [6.45, 7) is 2.72. The third-order valence-electron chi connectivity index (χ3n) is 8.89. The molecule has 2 heterocycles. The molecule has 0 radical (unpaired) electrons. The normalized spacial score (nSPS) is 22.2. The van der Waals surface area contributed by atoms with Crippen molar-refractivity contribution in [2.45, 2.75) is 75.8 Å². The number of carbonyl (C=O) groups is 4. The number of ketones is 1. The van der Waals surface area contributed by atoms with E-state index in [9.17, 15) is 32.3 Å². The highest BCUT2D eigenvalue weighted by Gasteiger charge is 2.56. The number of nitrogens with one attached hydrogen (secondary N) is 3. The minimum absolute atomic E-state index is 0.0405. The molecule has 2 fully saturated rings. The van der Waals surface area contributed by atoms with Crippen molar-refractivity contribution in [3.8, 4) is 0 Å². The summed E-state index contributed by atoms with van der Waals surface area (Å²) in [6, 6.07) is 12.4. The van der Waals surface area contributed by atoms with Gasteiger partial charge in [0.25, 0.3) is 5.78 Å². The monoisotopic (exact) mass is 616 g/mol. The number of hydrogen-bond donors (Lipinski definition) is 3. The van der Waals surface area contributed by atoms with E-state index in [0.717, 1.165) is 18.4 Å². The molecular weight excluding hydrogens is 575 g/mol. The van der Waals surface area contributed by atoms with Crippen LogP contribution in [-0.4, -0.2) is 90.2 Å².